The molecule has 1 spiro atoms. The van der Waals surface area contributed by atoms with E-state index in [2.05, 4.69) is 60.7 Å². The van der Waals surface area contributed by atoms with E-state index in [-0.39, 0.29) is 5.54 Å². The maximum atomic E-state index is 4.96. The minimum Gasteiger partial charge on any atom is -0.188 e. The molecule has 0 unspecified atom stereocenters. The summed E-state index contributed by atoms with van der Waals surface area (Å²) in [5.41, 5.74) is 5.21. The second kappa shape index (κ2) is 3.57. The molecule has 4 atom stereocenters. The molecule has 1 saturated carbocycles. The Labute approximate surface area is 129 Å². The Morgan fingerprint density at radius 2 is 1.45 bits per heavy atom. The summed E-state index contributed by atoms with van der Waals surface area (Å²) in [6.07, 6.45) is 6.06. The molecule has 0 saturated heterocycles. The number of nitrogens with zero attached hydrogens (tertiary/aromatic N) is 2. The van der Waals surface area contributed by atoms with Crippen LogP contribution in [-0.4, -0.2) is 6.04 Å². The van der Waals surface area contributed by atoms with Gasteiger partial charge in [-0.1, -0.05) is 60.7 Å². The summed E-state index contributed by atoms with van der Waals surface area (Å²) < 4.78 is 0. The highest BCUT2D eigenvalue weighted by Crippen LogP contribution is 2.64. The minimum atomic E-state index is -0.234. The van der Waals surface area contributed by atoms with E-state index in [1.165, 1.54) is 28.7 Å². The molecule has 106 valence electrons. The van der Waals surface area contributed by atoms with E-state index in [0.717, 1.165) is 0 Å². The molecule has 22 heavy (non-hydrogen) atoms. The largest absolute Gasteiger partial charge is 0.188 e. The van der Waals surface area contributed by atoms with Crippen molar-refractivity contribution in [3.8, 4) is 11.1 Å². The fourth-order valence-electron chi connectivity index (χ4n) is 5.45. The van der Waals surface area contributed by atoms with Crippen LogP contribution >= 0.6 is 0 Å². The second-order valence-electron chi connectivity index (χ2n) is 7.04. The molecule has 0 aromatic heterocycles. The molecule has 3 aliphatic carbocycles. The lowest BCUT2D eigenvalue weighted by Gasteiger charge is -2.33. The van der Waals surface area contributed by atoms with E-state index in [1.807, 2.05) is 0 Å². The first-order chi connectivity index (χ1) is 10.9. The number of hydrogen-bond donors (Lipinski definition) is 0. The molecule has 2 aromatic carbocycles. The van der Waals surface area contributed by atoms with Crippen molar-refractivity contribution >= 4 is 0 Å². The van der Waals surface area contributed by atoms with Gasteiger partial charge in [-0.15, -0.1) is 0 Å². The van der Waals surface area contributed by atoms with Crippen molar-refractivity contribution in [1.82, 2.24) is 0 Å². The van der Waals surface area contributed by atoms with Gasteiger partial charge >= 0.3 is 0 Å². The van der Waals surface area contributed by atoms with Crippen molar-refractivity contribution in [2.24, 2.45) is 28.0 Å². The third-order valence-corrected chi connectivity index (χ3v) is 6.21. The van der Waals surface area contributed by atoms with Crippen LogP contribution in [0, 0.1) is 17.8 Å². The van der Waals surface area contributed by atoms with Crippen molar-refractivity contribution in [3.63, 3.8) is 0 Å². The molecule has 2 heteroatoms. The number of hydrogen-bond acceptors (Lipinski definition) is 2. The Morgan fingerprint density at radius 3 is 2.18 bits per heavy atom. The predicted octanol–water partition coefficient (Wildman–Crippen LogP) is 4.57. The first kappa shape index (κ1) is 11.4. The van der Waals surface area contributed by atoms with E-state index in [0.29, 0.717) is 23.8 Å². The molecular formula is C20H16N2. The molecule has 1 heterocycles. The Morgan fingerprint density at radius 1 is 0.818 bits per heavy atom. The fraction of sp³-hybridized carbons (Fsp3) is 0.300. The average Bonchev–Trinajstić information content (AvgIpc) is 3.31. The van der Waals surface area contributed by atoms with Crippen LogP contribution in [0.25, 0.3) is 11.1 Å². The molecule has 0 N–H and O–H groups in total. The highest BCUT2D eigenvalue weighted by Gasteiger charge is 2.62. The number of benzene rings is 2. The van der Waals surface area contributed by atoms with Crippen LogP contribution in [0.3, 0.4) is 0 Å². The van der Waals surface area contributed by atoms with Gasteiger partial charge in [0.15, 0.2) is 0 Å². The van der Waals surface area contributed by atoms with Gasteiger partial charge in [-0.25, -0.2) is 0 Å². The van der Waals surface area contributed by atoms with Crippen LogP contribution in [0.15, 0.2) is 70.9 Å². The van der Waals surface area contributed by atoms with Gasteiger partial charge in [-0.2, -0.15) is 10.2 Å². The summed E-state index contributed by atoms with van der Waals surface area (Å²) in [7, 11) is 0. The van der Waals surface area contributed by atoms with Crippen LogP contribution in [0.2, 0.25) is 0 Å². The average molecular weight is 284 g/mol. The van der Waals surface area contributed by atoms with E-state index in [9.17, 15) is 0 Å². The number of fused-ring (bicyclic) bond motifs is 11. The number of rotatable bonds is 0. The monoisotopic (exact) mass is 284 g/mol. The third-order valence-electron chi connectivity index (χ3n) is 6.21. The van der Waals surface area contributed by atoms with Gasteiger partial charge in [0.25, 0.3) is 0 Å². The van der Waals surface area contributed by atoms with Gasteiger partial charge in [-0.3, -0.25) is 0 Å². The molecule has 4 aliphatic rings. The normalized spacial score (nSPS) is 34.2. The first-order valence-corrected chi connectivity index (χ1v) is 8.19. The van der Waals surface area contributed by atoms with Crippen molar-refractivity contribution in [1.29, 1.82) is 0 Å². The van der Waals surface area contributed by atoms with Crippen LogP contribution in [0.5, 0.6) is 0 Å². The summed E-state index contributed by atoms with van der Waals surface area (Å²) in [5, 5.41) is 9.75. The van der Waals surface area contributed by atoms with E-state index in [4.69, 9.17) is 10.2 Å². The van der Waals surface area contributed by atoms with E-state index >= 15 is 0 Å². The third kappa shape index (κ3) is 1.06. The highest BCUT2D eigenvalue weighted by atomic mass is 15.2. The van der Waals surface area contributed by atoms with Crippen LogP contribution in [0.1, 0.15) is 17.5 Å². The van der Waals surface area contributed by atoms with E-state index in [1.54, 1.807) is 0 Å². The Bertz CT molecular complexity index is 818. The Balaban J connectivity index is 1.70. The maximum absolute atomic E-state index is 4.96. The van der Waals surface area contributed by atoms with Crippen molar-refractivity contribution in [2.45, 2.75) is 18.0 Å². The highest BCUT2D eigenvalue weighted by molar-refractivity contribution is 5.81. The zero-order valence-corrected chi connectivity index (χ0v) is 12.2. The zero-order valence-electron chi connectivity index (χ0n) is 12.2. The van der Waals surface area contributed by atoms with Crippen molar-refractivity contribution in [2.75, 3.05) is 0 Å². The minimum absolute atomic E-state index is 0.234. The molecule has 2 nitrogen and oxygen atoms in total. The van der Waals surface area contributed by atoms with Gasteiger partial charge in [0.05, 0.1) is 6.04 Å². The lowest BCUT2D eigenvalue weighted by atomic mass is 9.70. The zero-order chi connectivity index (χ0) is 14.3. The smallest absolute Gasteiger partial charge is 0.138 e. The van der Waals surface area contributed by atoms with Crippen molar-refractivity contribution < 1.29 is 0 Å². The van der Waals surface area contributed by atoms with Gasteiger partial charge < -0.3 is 0 Å². The summed E-state index contributed by atoms with van der Waals surface area (Å²) in [6, 6.07) is 18.0. The fourth-order valence-corrected chi connectivity index (χ4v) is 5.45. The molecule has 0 amide bonds. The standard InChI is InChI=1S/C20H16N2/c1-3-7-16-14(5-1)15-6-2-4-8-17(15)20(16)18-12-9-10-13(11-12)19(18)21-22-20/h1-10,12-13,18-19H,11H2/t12-,13-,18-,19-/m0/s1. The molecule has 2 bridgehead atoms. The molecule has 2 aromatic rings. The van der Waals surface area contributed by atoms with Gasteiger partial charge in [-0.05, 0) is 34.6 Å². The summed E-state index contributed by atoms with van der Waals surface area (Å²) in [4.78, 5) is 0. The second-order valence-corrected chi connectivity index (χ2v) is 7.04. The molecular weight excluding hydrogens is 268 g/mol. The summed E-state index contributed by atoms with van der Waals surface area (Å²) >= 11 is 0. The number of azo groups is 1. The van der Waals surface area contributed by atoms with Gasteiger partial charge in [0.1, 0.15) is 5.54 Å². The Hall–Kier alpha value is -2.22. The van der Waals surface area contributed by atoms with Gasteiger partial charge in [0.2, 0.25) is 0 Å². The molecule has 1 aliphatic heterocycles. The first-order valence-electron chi connectivity index (χ1n) is 8.19. The lowest BCUT2D eigenvalue weighted by Crippen LogP contribution is -2.37. The number of allylic oxidation sites excluding steroid dienone is 1. The SMILES string of the molecule is C1=C[C@H]2C[C@H]1[C@@H]1N=NC3(c4ccccc4-c4ccccc43)[C@H]12. The van der Waals surface area contributed by atoms with Crippen molar-refractivity contribution in [3.05, 3.63) is 71.8 Å². The summed E-state index contributed by atoms with van der Waals surface area (Å²) in [6.45, 7) is 0. The topological polar surface area (TPSA) is 24.7 Å². The molecule has 1 fully saturated rings. The Kier molecular flexibility index (Phi) is 1.84. The van der Waals surface area contributed by atoms with Crippen LogP contribution < -0.4 is 0 Å². The lowest BCUT2D eigenvalue weighted by molar-refractivity contribution is 0.309. The van der Waals surface area contributed by atoms with E-state index < -0.39 is 0 Å². The summed E-state index contributed by atoms with van der Waals surface area (Å²) in [5.74, 6) is 1.74. The predicted molar refractivity (Wildman–Crippen MR) is 85.5 cm³/mol. The van der Waals surface area contributed by atoms with Crippen LogP contribution in [-0.2, 0) is 5.54 Å². The quantitative estimate of drug-likeness (QED) is 0.633. The van der Waals surface area contributed by atoms with Gasteiger partial charge in [0, 0.05) is 11.8 Å². The van der Waals surface area contributed by atoms with Crippen LogP contribution in [0.4, 0.5) is 0 Å². The molecule has 0 radical (unpaired) electrons. The molecule has 6 rings (SSSR count). The maximum Gasteiger partial charge on any atom is 0.138 e.